The number of ether oxygens (including phenoxy) is 1. The Balaban J connectivity index is 0.000000202. The van der Waals surface area contributed by atoms with Crippen LogP contribution >= 0.6 is 0 Å². The molecule has 1 aromatic rings. The van der Waals surface area contributed by atoms with Gasteiger partial charge in [-0.2, -0.15) is 0 Å². The lowest BCUT2D eigenvalue weighted by Gasteiger charge is -2.05. The van der Waals surface area contributed by atoms with Crippen LogP contribution in [0.15, 0.2) is 30.3 Å². The fourth-order valence-corrected chi connectivity index (χ4v) is 1.79. The zero-order valence-electron chi connectivity index (χ0n) is 10.2. The Morgan fingerprint density at radius 2 is 1.47 bits per heavy atom. The van der Waals surface area contributed by atoms with E-state index in [9.17, 15) is 4.79 Å². The number of benzene rings is 1. The lowest BCUT2D eigenvalue weighted by atomic mass is 10.0. The van der Waals surface area contributed by atoms with E-state index in [0.717, 1.165) is 5.56 Å². The maximum atomic E-state index is 10.2. The molecule has 1 aromatic carbocycles. The molecular formula is C14H21NO2. The van der Waals surface area contributed by atoms with Crippen LogP contribution in [0.4, 0.5) is 4.79 Å². The van der Waals surface area contributed by atoms with Crippen LogP contribution in [0.5, 0.6) is 0 Å². The summed E-state index contributed by atoms with van der Waals surface area (Å²) in [5, 5.41) is 0. The third-order valence-corrected chi connectivity index (χ3v) is 2.72. The molecule has 0 aliphatic heterocycles. The lowest BCUT2D eigenvalue weighted by molar-refractivity contribution is 0.150. The van der Waals surface area contributed by atoms with Crippen molar-refractivity contribution in [1.29, 1.82) is 0 Å². The zero-order valence-corrected chi connectivity index (χ0v) is 10.2. The highest BCUT2D eigenvalue weighted by atomic mass is 16.5. The summed E-state index contributed by atoms with van der Waals surface area (Å²) in [5.74, 6) is 0. The molecule has 0 atom stereocenters. The highest BCUT2D eigenvalue weighted by molar-refractivity contribution is 5.64. The van der Waals surface area contributed by atoms with Crippen molar-refractivity contribution in [2.45, 2.75) is 45.1 Å². The molecule has 2 rings (SSSR count). The number of hydrogen-bond acceptors (Lipinski definition) is 2. The van der Waals surface area contributed by atoms with Gasteiger partial charge in [0.25, 0.3) is 0 Å². The molecule has 1 aliphatic carbocycles. The molecule has 94 valence electrons. The Morgan fingerprint density at radius 1 is 1.00 bits per heavy atom. The number of carbonyl (C=O) groups is 1. The topological polar surface area (TPSA) is 52.3 Å². The molecule has 0 aromatic heterocycles. The van der Waals surface area contributed by atoms with Gasteiger partial charge in [-0.25, -0.2) is 4.79 Å². The second-order valence-electron chi connectivity index (χ2n) is 4.21. The smallest absolute Gasteiger partial charge is 0.404 e. The largest absolute Gasteiger partial charge is 0.445 e. The predicted molar refractivity (Wildman–Crippen MR) is 68.5 cm³/mol. The van der Waals surface area contributed by atoms with Crippen molar-refractivity contribution in [2.75, 3.05) is 0 Å². The second-order valence-corrected chi connectivity index (χ2v) is 4.21. The van der Waals surface area contributed by atoms with Gasteiger partial charge < -0.3 is 10.5 Å². The van der Waals surface area contributed by atoms with E-state index in [1.807, 2.05) is 30.3 Å². The first-order chi connectivity index (χ1) is 8.29. The minimum absolute atomic E-state index is 0.246. The summed E-state index contributed by atoms with van der Waals surface area (Å²) in [5.41, 5.74) is 5.72. The Morgan fingerprint density at radius 3 is 1.88 bits per heavy atom. The van der Waals surface area contributed by atoms with Gasteiger partial charge in [0.15, 0.2) is 0 Å². The van der Waals surface area contributed by atoms with Crippen LogP contribution in [-0.2, 0) is 11.3 Å². The molecule has 0 spiro atoms. The summed E-state index contributed by atoms with van der Waals surface area (Å²) in [6.45, 7) is 0.246. The standard InChI is InChI=1S/C8H9NO2.C6H12/c9-8(10)11-6-7-4-2-1-3-5-7;1-2-4-6-5-3-1/h1-5H,6H2,(H2,9,10);1-6H2. The van der Waals surface area contributed by atoms with Gasteiger partial charge in [0, 0.05) is 0 Å². The molecule has 0 bridgehead atoms. The highest BCUT2D eigenvalue weighted by Crippen LogP contribution is 2.15. The normalized spacial score (nSPS) is 14.4. The van der Waals surface area contributed by atoms with Crippen molar-refractivity contribution in [3.8, 4) is 0 Å². The van der Waals surface area contributed by atoms with Gasteiger partial charge in [-0.05, 0) is 5.56 Å². The highest BCUT2D eigenvalue weighted by Gasteiger charge is 1.95. The van der Waals surface area contributed by atoms with E-state index in [1.165, 1.54) is 38.5 Å². The SMILES string of the molecule is C1CCCCC1.NC(=O)OCc1ccccc1. The van der Waals surface area contributed by atoms with Crippen molar-refractivity contribution in [1.82, 2.24) is 0 Å². The van der Waals surface area contributed by atoms with Gasteiger partial charge in [-0.3, -0.25) is 0 Å². The van der Waals surface area contributed by atoms with Crippen molar-refractivity contribution in [2.24, 2.45) is 5.73 Å². The minimum Gasteiger partial charge on any atom is -0.445 e. The van der Waals surface area contributed by atoms with E-state index >= 15 is 0 Å². The van der Waals surface area contributed by atoms with Crippen molar-refractivity contribution >= 4 is 6.09 Å². The molecule has 0 heterocycles. The van der Waals surface area contributed by atoms with Crippen LogP contribution in [0, 0.1) is 0 Å². The third kappa shape index (κ3) is 7.39. The quantitative estimate of drug-likeness (QED) is 0.851. The monoisotopic (exact) mass is 235 g/mol. The van der Waals surface area contributed by atoms with Gasteiger partial charge in [0.05, 0.1) is 0 Å². The number of primary amides is 1. The molecule has 1 fully saturated rings. The van der Waals surface area contributed by atoms with Crippen LogP contribution in [0.2, 0.25) is 0 Å². The molecule has 0 radical (unpaired) electrons. The molecular weight excluding hydrogens is 214 g/mol. The third-order valence-electron chi connectivity index (χ3n) is 2.72. The minimum atomic E-state index is -0.742. The Kier molecular flexibility index (Phi) is 6.87. The molecule has 0 saturated heterocycles. The molecule has 2 N–H and O–H groups in total. The zero-order chi connectivity index (χ0) is 12.3. The van der Waals surface area contributed by atoms with E-state index in [4.69, 9.17) is 5.73 Å². The van der Waals surface area contributed by atoms with Crippen LogP contribution < -0.4 is 5.73 Å². The summed E-state index contributed by atoms with van der Waals surface area (Å²) in [6, 6.07) is 9.37. The van der Waals surface area contributed by atoms with E-state index < -0.39 is 6.09 Å². The maximum Gasteiger partial charge on any atom is 0.404 e. The van der Waals surface area contributed by atoms with Crippen LogP contribution in [-0.4, -0.2) is 6.09 Å². The van der Waals surface area contributed by atoms with Gasteiger partial charge in [0.2, 0.25) is 0 Å². The summed E-state index contributed by atoms with van der Waals surface area (Å²) < 4.78 is 4.57. The first kappa shape index (κ1) is 13.6. The van der Waals surface area contributed by atoms with Crippen LogP contribution in [0.3, 0.4) is 0 Å². The maximum absolute atomic E-state index is 10.2. The molecule has 0 unspecified atom stereocenters. The lowest BCUT2D eigenvalue weighted by Crippen LogP contribution is -2.12. The van der Waals surface area contributed by atoms with E-state index in [1.54, 1.807) is 0 Å². The van der Waals surface area contributed by atoms with Crippen molar-refractivity contribution in [3.05, 3.63) is 35.9 Å². The van der Waals surface area contributed by atoms with Gasteiger partial charge >= 0.3 is 6.09 Å². The molecule has 1 amide bonds. The van der Waals surface area contributed by atoms with Gasteiger partial charge in [-0.15, -0.1) is 0 Å². The molecule has 17 heavy (non-hydrogen) atoms. The summed E-state index contributed by atoms with van der Waals surface area (Å²) in [7, 11) is 0. The Bertz CT molecular complexity index is 296. The van der Waals surface area contributed by atoms with Gasteiger partial charge in [0.1, 0.15) is 6.61 Å². The Hall–Kier alpha value is -1.51. The number of nitrogens with two attached hydrogens (primary N) is 1. The molecule has 1 saturated carbocycles. The fraction of sp³-hybridized carbons (Fsp3) is 0.500. The number of carbonyl (C=O) groups excluding carboxylic acids is 1. The average Bonchev–Trinajstić information content (AvgIpc) is 2.40. The van der Waals surface area contributed by atoms with Crippen molar-refractivity contribution in [3.63, 3.8) is 0 Å². The summed E-state index contributed by atoms with van der Waals surface area (Å²) in [4.78, 5) is 10.2. The summed E-state index contributed by atoms with van der Waals surface area (Å²) in [6.07, 6.45) is 8.26. The summed E-state index contributed by atoms with van der Waals surface area (Å²) >= 11 is 0. The Labute approximate surface area is 103 Å². The number of rotatable bonds is 2. The first-order valence-electron chi connectivity index (χ1n) is 6.25. The predicted octanol–water partition coefficient (Wildman–Crippen LogP) is 3.62. The van der Waals surface area contributed by atoms with E-state index in [-0.39, 0.29) is 6.61 Å². The fourth-order valence-electron chi connectivity index (χ4n) is 1.79. The molecule has 3 heteroatoms. The van der Waals surface area contributed by atoms with Crippen LogP contribution in [0.25, 0.3) is 0 Å². The molecule has 1 aliphatic rings. The first-order valence-corrected chi connectivity index (χ1v) is 6.25. The van der Waals surface area contributed by atoms with Crippen molar-refractivity contribution < 1.29 is 9.53 Å². The average molecular weight is 235 g/mol. The van der Waals surface area contributed by atoms with Crippen LogP contribution in [0.1, 0.15) is 44.1 Å². The van der Waals surface area contributed by atoms with E-state index in [2.05, 4.69) is 4.74 Å². The second kappa shape index (κ2) is 8.62. The number of hydrogen-bond donors (Lipinski definition) is 1. The van der Waals surface area contributed by atoms with E-state index in [0.29, 0.717) is 0 Å². The number of amides is 1. The molecule has 3 nitrogen and oxygen atoms in total. The van der Waals surface area contributed by atoms with Gasteiger partial charge in [-0.1, -0.05) is 68.9 Å².